The van der Waals surface area contributed by atoms with Gasteiger partial charge in [0.1, 0.15) is 15.9 Å². The summed E-state index contributed by atoms with van der Waals surface area (Å²) in [6.07, 6.45) is 0.986. The zero-order valence-electron chi connectivity index (χ0n) is 12.7. The van der Waals surface area contributed by atoms with Crippen LogP contribution in [-0.2, 0) is 13.0 Å². The van der Waals surface area contributed by atoms with Gasteiger partial charge in [-0.3, -0.25) is 5.10 Å². The van der Waals surface area contributed by atoms with Crippen molar-refractivity contribution in [3.8, 4) is 22.8 Å². The van der Waals surface area contributed by atoms with E-state index in [0.717, 1.165) is 45.5 Å². The van der Waals surface area contributed by atoms with Crippen LogP contribution in [0.15, 0.2) is 15.0 Å². The van der Waals surface area contributed by atoms with Crippen LogP contribution in [0, 0.1) is 0 Å². The lowest BCUT2D eigenvalue weighted by molar-refractivity contribution is 0.312. The molecule has 1 N–H and O–H groups in total. The molecular weight excluding hydrogens is 414 g/mol. The third-order valence-electron chi connectivity index (χ3n) is 3.92. The molecule has 3 rings (SSSR count). The molecule has 0 spiro atoms. The van der Waals surface area contributed by atoms with Crippen LogP contribution in [-0.4, -0.2) is 42.9 Å². The summed E-state index contributed by atoms with van der Waals surface area (Å²) in [7, 11) is 5.41. The molecule has 1 aliphatic rings. The number of hydrogen-bond donors (Lipinski definition) is 1. The Hall–Kier alpha value is -1.05. The molecule has 1 aromatic carbocycles. The number of benzene rings is 1. The number of hydrogen-bond acceptors (Lipinski definition) is 4. The Morgan fingerprint density at radius 3 is 2.64 bits per heavy atom. The molecular formula is C15H17Br2N3O2. The van der Waals surface area contributed by atoms with E-state index < -0.39 is 0 Å². The maximum absolute atomic E-state index is 5.60. The summed E-state index contributed by atoms with van der Waals surface area (Å²) in [6.45, 7) is 1.92. The lowest BCUT2D eigenvalue weighted by Crippen LogP contribution is -2.26. The van der Waals surface area contributed by atoms with Gasteiger partial charge < -0.3 is 14.4 Å². The third-order valence-corrected chi connectivity index (χ3v) is 5.23. The highest BCUT2D eigenvalue weighted by atomic mass is 79.9. The van der Waals surface area contributed by atoms with Gasteiger partial charge in [-0.15, -0.1) is 0 Å². The van der Waals surface area contributed by atoms with E-state index in [1.54, 1.807) is 14.2 Å². The van der Waals surface area contributed by atoms with Crippen molar-refractivity contribution in [2.75, 3.05) is 27.8 Å². The quantitative estimate of drug-likeness (QED) is 0.808. The minimum Gasteiger partial charge on any atom is -0.495 e. The summed E-state index contributed by atoms with van der Waals surface area (Å²) in [5.74, 6) is 1.43. The normalized spacial score (nSPS) is 14.8. The first-order valence-corrected chi connectivity index (χ1v) is 8.50. The Labute approximate surface area is 146 Å². The molecule has 0 bridgehead atoms. The molecule has 0 fully saturated rings. The first-order valence-electron chi connectivity index (χ1n) is 6.91. The summed E-state index contributed by atoms with van der Waals surface area (Å²) in [5, 5.41) is 7.70. The minimum absolute atomic E-state index is 0.710. The number of likely N-dealkylation sites (N-methyl/N-ethyl adjacent to an activating group) is 1. The molecule has 22 heavy (non-hydrogen) atoms. The second-order valence-electron chi connectivity index (χ2n) is 5.30. The molecule has 2 aromatic rings. The molecule has 0 atom stereocenters. The Balaban J connectivity index is 2.19. The number of nitrogens with zero attached hydrogens (tertiary/aromatic N) is 2. The van der Waals surface area contributed by atoms with Gasteiger partial charge in [-0.25, -0.2) is 0 Å². The molecule has 7 heteroatoms. The highest BCUT2D eigenvalue weighted by Gasteiger charge is 2.25. The van der Waals surface area contributed by atoms with E-state index in [2.05, 4.69) is 54.0 Å². The van der Waals surface area contributed by atoms with Gasteiger partial charge >= 0.3 is 0 Å². The Bertz CT molecular complexity index is 715. The predicted molar refractivity (Wildman–Crippen MR) is 92.6 cm³/mol. The number of aromatic nitrogens is 2. The van der Waals surface area contributed by atoms with Gasteiger partial charge in [-0.2, -0.15) is 5.10 Å². The van der Waals surface area contributed by atoms with Crippen LogP contribution < -0.4 is 9.47 Å². The first kappa shape index (κ1) is 15.8. The minimum atomic E-state index is 0.710. The summed E-state index contributed by atoms with van der Waals surface area (Å²) < 4.78 is 12.7. The largest absolute Gasteiger partial charge is 0.495 e. The summed E-state index contributed by atoms with van der Waals surface area (Å²) in [4.78, 5) is 2.29. The van der Waals surface area contributed by atoms with E-state index in [9.17, 15) is 0 Å². The highest BCUT2D eigenvalue weighted by molar-refractivity contribution is 9.11. The average molecular weight is 431 g/mol. The molecule has 5 nitrogen and oxygen atoms in total. The molecule has 2 heterocycles. The van der Waals surface area contributed by atoms with Crippen LogP contribution in [0.25, 0.3) is 11.3 Å². The van der Waals surface area contributed by atoms with Crippen molar-refractivity contribution in [3.63, 3.8) is 0 Å². The summed E-state index contributed by atoms with van der Waals surface area (Å²) >= 11 is 7.12. The van der Waals surface area contributed by atoms with Crippen LogP contribution >= 0.6 is 31.9 Å². The molecule has 0 unspecified atom stereocenters. The molecule has 0 aliphatic carbocycles. The number of nitrogens with one attached hydrogen (secondary N) is 1. The van der Waals surface area contributed by atoms with Gasteiger partial charge in [0.25, 0.3) is 0 Å². The van der Waals surface area contributed by atoms with Gasteiger partial charge in [0.05, 0.1) is 18.7 Å². The van der Waals surface area contributed by atoms with Gasteiger partial charge in [0, 0.05) is 36.3 Å². The van der Waals surface area contributed by atoms with Crippen molar-refractivity contribution < 1.29 is 9.47 Å². The fraction of sp³-hybridized carbons (Fsp3) is 0.400. The van der Waals surface area contributed by atoms with E-state index in [1.165, 1.54) is 11.3 Å². The van der Waals surface area contributed by atoms with Crippen molar-refractivity contribution in [2.45, 2.75) is 13.0 Å². The van der Waals surface area contributed by atoms with E-state index in [0.29, 0.717) is 5.75 Å². The number of fused-ring (bicyclic) bond motifs is 1. The monoisotopic (exact) mass is 429 g/mol. The van der Waals surface area contributed by atoms with Crippen molar-refractivity contribution in [2.24, 2.45) is 0 Å². The number of H-pyrrole nitrogens is 1. The summed E-state index contributed by atoms with van der Waals surface area (Å²) in [6, 6.07) is 1.99. The number of ether oxygens (including phenoxy) is 2. The van der Waals surface area contributed by atoms with Crippen molar-refractivity contribution in [1.29, 1.82) is 0 Å². The van der Waals surface area contributed by atoms with Gasteiger partial charge in [-0.05, 0) is 45.0 Å². The molecule has 0 radical (unpaired) electrons. The molecule has 0 saturated carbocycles. The zero-order chi connectivity index (χ0) is 15.9. The number of methoxy groups -OCH3 is 2. The first-order chi connectivity index (χ1) is 10.6. The maximum Gasteiger partial charge on any atom is 0.151 e. The van der Waals surface area contributed by atoms with Crippen LogP contribution in [0.3, 0.4) is 0 Å². The third kappa shape index (κ3) is 2.55. The van der Waals surface area contributed by atoms with E-state index >= 15 is 0 Å². The second-order valence-corrected chi connectivity index (χ2v) is 6.95. The Morgan fingerprint density at radius 1 is 1.23 bits per heavy atom. The van der Waals surface area contributed by atoms with Gasteiger partial charge in [0.15, 0.2) is 5.75 Å². The molecule has 1 aromatic heterocycles. The SMILES string of the molecule is COc1c(Br)cc(-c2n[nH]c3c2CN(C)CC3)c(OC)c1Br. The molecule has 0 saturated heterocycles. The average Bonchev–Trinajstić information content (AvgIpc) is 2.90. The lowest BCUT2D eigenvalue weighted by atomic mass is 10.0. The fourth-order valence-corrected chi connectivity index (χ4v) is 4.41. The Kier molecular flexibility index (Phi) is 4.47. The number of halogens is 2. The van der Waals surface area contributed by atoms with Crippen LogP contribution in [0.1, 0.15) is 11.3 Å². The van der Waals surface area contributed by atoms with Crippen molar-refractivity contribution in [1.82, 2.24) is 15.1 Å². The topological polar surface area (TPSA) is 50.4 Å². The van der Waals surface area contributed by atoms with E-state index in [4.69, 9.17) is 9.47 Å². The standard InChI is InChI=1S/C15H17Br2N3O2/c1-20-5-4-11-9(7-20)13(19-18-11)8-6-10(16)15(22-3)12(17)14(8)21-2/h6H,4-5,7H2,1-3H3,(H,18,19). The second kappa shape index (κ2) is 6.22. The zero-order valence-corrected chi connectivity index (χ0v) is 15.8. The predicted octanol–water partition coefficient (Wildman–Crippen LogP) is 3.61. The number of rotatable bonds is 3. The maximum atomic E-state index is 5.60. The van der Waals surface area contributed by atoms with Crippen LogP contribution in [0.2, 0.25) is 0 Å². The number of aromatic amines is 1. The lowest BCUT2D eigenvalue weighted by Gasteiger charge is -2.23. The van der Waals surface area contributed by atoms with E-state index in [1.807, 2.05) is 6.07 Å². The molecule has 118 valence electrons. The van der Waals surface area contributed by atoms with Crippen molar-refractivity contribution >= 4 is 31.9 Å². The smallest absolute Gasteiger partial charge is 0.151 e. The highest BCUT2D eigenvalue weighted by Crippen LogP contribution is 2.47. The molecule has 0 amide bonds. The van der Waals surface area contributed by atoms with Crippen LogP contribution in [0.4, 0.5) is 0 Å². The fourth-order valence-electron chi connectivity index (χ4n) is 2.80. The Morgan fingerprint density at radius 2 is 1.95 bits per heavy atom. The van der Waals surface area contributed by atoms with Gasteiger partial charge in [-0.1, -0.05) is 0 Å². The summed E-state index contributed by atoms with van der Waals surface area (Å²) in [5.41, 5.74) is 4.31. The van der Waals surface area contributed by atoms with E-state index in [-0.39, 0.29) is 0 Å². The van der Waals surface area contributed by atoms with Crippen LogP contribution in [0.5, 0.6) is 11.5 Å². The van der Waals surface area contributed by atoms with Gasteiger partial charge in [0.2, 0.25) is 0 Å². The van der Waals surface area contributed by atoms with Crippen molar-refractivity contribution in [3.05, 3.63) is 26.3 Å². The molecule has 1 aliphatic heterocycles.